The van der Waals surface area contributed by atoms with Crippen LogP contribution in [0, 0.1) is 5.82 Å². The minimum Gasteiger partial charge on any atom is -0.464 e. The molecule has 9 nitrogen and oxygen atoms in total. The molecule has 2 heterocycles. The van der Waals surface area contributed by atoms with E-state index in [-0.39, 0.29) is 27.9 Å². The monoisotopic (exact) mass is 467 g/mol. The van der Waals surface area contributed by atoms with Crippen LogP contribution >= 0.6 is 11.6 Å². The van der Waals surface area contributed by atoms with Crippen LogP contribution in [0.1, 0.15) is 23.0 Å². The maximum Gasteiger partial charge on any atom is 0.274 e. The van der Waals surface area contributed by atoms with E-state index in [0.29, 0.717) is 5.75 Å². The van der Waals surface area contributed by atoms with Gasteiger partial charge in [-0.2, -0.15) is 0 Å². The molecule has 0 spiro atoms. The van der Waals surface area contributed by atoms with E-state index in [1.807, 2.05) is 0 Å². The van der Waals surface area contributed by atoms with E-state index in [2.05, 4.69) is 21.9 Å². The third-order valence-corrected chi connectivity index (χ3v) is 6.95. The van der Waals surface area contributed by atoms with Crippen molar-refractivity contribution in [3.05, 3.63) is 65.4 Å². The second-order valence-electron chi connectivity index (χ2n) is 6.90. The maximum absolute atomic E-state index is 14.6. The first-order valence-corrected chi connectivity index (χ1v) is 10.8. The molecule has 0 radical (unpaired) electrons. The van der Waals surface area contributed by atoms with Gasteiger partial charge in [-0.15, -0.1) is 0 Å². The molecule has 2 aromatic rings. The number of aromatic nitrogens is 1. The number of ether oxygens (including phenoxy) is 1. The summed E-state index contributed by atoms with van der Waals surface area (Å²) < 4.78 is 45.3. The summed E-state index contributed by atoms with van der Waals surface area (Å²) in [6, 6.07) is 5.30. The van der Waals surface area contributed by atoms with Crippen LogP contribution in [-0.2, 0) is 15.6 Å². The Bertz CT molecular complexity index is 1190. The van der Waals surface area contributed by atoms with Crippen LogP contribution < -0.4 is 15.8 Å². The Morgan fingerprint density at radius 3 is 2.74 bits per heavy atom. The number of hydrogen-bond donors (Lipinski definition) is 2. The number of rotatable bonds is 5. The predicted octanol–water partition coefficient (Wildman–Crippen LogP) is 2.45. The van der Waals surface area contributed by atoms with E-state index < -0.39 is 33.0 Å². The normalized spacial score (nSPS) is 20.0. The van der Waals surface area contributed by atoms with Crippen molar-refractivity contribution in [1.82, 2.24) is 9.29 Å². The molecular weight excluding hydrogens is 449 g/mol. The van der Waals surface area contributed by atoms with Crippen LogP contribution in [0.5, 0.6) is 5.75 Å². The first kappa shape index (κ1) is 22.5. The van der Waals surface area contributed by atoms with Crippen molar-refractivity contribution in [2.45, 2.75) is 12.5 Å². The topological polar surface area (TPSA) is 127 Å². The minimum absolute atomic E-state index is 0.0430. The number of halogens is 2. The van der Waals surface area contributed by atoms with Crippen molar-refractivity contribution in [2.75, 3.05) is 18.1 Å². The summed E-state index contributed by atoms with van der Waals surface area (Å²) in [4.78, 5) is 20.7. The van der Waals surface area contributed by atoms with Crippen LogP contribution in [0.3, 0.4) is 0 Å². The van der Waals surface area contributed by atoms with Crippen LogP contribution in [0.15, 0.2) is 48.3 Å². The van der Waals surface area contributed by atoms with Crippen LogP contribution in [0.2, 0.25) is 5.02 Å². The van der Waals surface area contributed by atoms with Gasteiger partial charge < -0.3 is 15.8 Å². The Morgan fingerprint density at radius 2 is 2.16 bits per heavy atom. The molecule has 12 heteroatoms. The van der Waals surface area contributed by atoms with Gasteiger partial charge in [0.2, 0.25) is 16.0 Å². The number of nitrogens with two attached hydrogens (primary N) is 1. The Balaban J connectivity index is 1.96. The van der Waals surface area contributed by atoms with E-state index in [9.17, 15) is 17.6 Å². The summed E-state index contributed by atoms with van der Waals surface area (Å²) >= 11 is 6.13. The molecule has 1 aliphatic heterocycles. The van der Waals surface area contributed by atoms with Crippen molar-refractivity contribution in [3.63, 3.8) is 0 Å². The van der Waals surface area contributed by atoms with Crippen LogP contribution in [0.4, 0.5) is 10.1 Å². The molecule has 1 amide bonds. The lowest BCUT2D eigenvalue weighted by atomic mass is 9.93. The molecule has 0 aliphatic carbocycles. The van der Waals surface area contributed by atoms with E-state index in [0.717, 1.165) is 10.4 Å². The van der Waals surface area contributed by atoms with Gasteiger partial charge in [0.25, 0.3) is 5.91 Å². The van der Waals surface area contributed by atoms with Gasteiger partial charge in [-0.1, -0.05) is 18.2 Å². The number of nitrogens with zero attached hydrogens (tertiary/aromatic N) is 3. The number of carbonyl (C=O) groups is 1. The van der Waals surface area contributed by atoms with Crippen molar-refractivity contribution in [3.8, 4) is 5.75 Å². The quantitative estimate of drug-likeness (QED) is 0.650. The summed E-state index contributed by atoms with van der Waals surface area (Å²) in [6.45, 7) is 4.89. The Morgan fingerprint density at radius 1 is 1.45 bits per heavy atom. The molecule has 164 valence electrons. The molecule has 1 aliphatic rings. The number of pyridine rings is 1. The summed E-state index contributed by atoms with van der Waals surface area (Å²) in [5, 5.41) is 2.20. The van der Waals surface area contributed by atoms with Gasteiger partial charge in [0, 0.05) is 18.3 Å². The largest absolute Gasteiger partial charge is 0.464 e. The molecule has 3 N–H and O–H groups in total. The number of guanidine groups is 1. The van der Waals surface area contributed by atoms with Gasteiger partial charge in [0.15, 0.2) is 0 Å². The van der Waals surface area contributed by atoms with Crippen molar-refractivity contribution in [2.24, 2.45) is 10.7 Å². The van der Waals surface area contributed by atoms with Crippen molar-refractivity contribution >= 4 is 39.2 Å². The number of carbonyl (C=O) groups excluding carboxylic acids is 1. The van der Waals surface area contributed by atoms with E-state index in [1.54, 1.807) is 0 Å². The van der Waals surface area contributed by atoms with Crippen molar-refractivity contribution in [1.29, 1.82) is 0 Å². The summed E-state index contributed by atoms with van der Waals surface area (Å²) in [7, 11) is -2.53. The van der Waals surface area contributed by atoms with Gasteiger partial charge in [-0.25, -0.2) is 27.1 Å². The lowest BCUT2D eigenvalue weighted by Crippen LogP contribution is -2.50. The fraction of sp³-hybridized carbons (Fsp3) is 0.211. The predicted molar refractivity (Wildman–Crippen MR) is 115 cm³/mol. The van der Waals surface area contributed by atoms with E-state index in [1.165, 1.54) is 44.6 Å². The highest BCUT2D eigenvalue weighted by molar-refractivity contribution is 7.89. The zero-order chi connectivity index (χ0) is 23.0. The molecule has 1 aromatic carbocycles. The number of hydrogen-bond acceptors (Lipinski definition) is 7. The van der Waals surface area contributed by atoms with Crippen LogP contribution in [-0.4, -0.2) is 42.4 Å². The summed E-state index contributed by atoms with van der Waals surface area (Å²) in [6.07, 6.45) is 2.54. The van der Waals surface area contributed by atoms with Gasteiger partial charge >= 0.3 is 0 Å². The number of nitrogens with one attached hydrogen (secondary N) is 1. The highest BCUT2D eigenvalue weighted by Gasteiger charge is 2.42. The van der Waals surface area contributed by atoms with Gasteiger partial charge in [-0.05, 0) is 31.2 Å². The Labute approximate surface area is 183 Å². The molecular formula is C19H19ClFN5O4S. The molecule has 0 bridgehead atoms. The zero-order valence-electron chi connectivity index (χ0n) is 16.6. The molecule has 31 heavy (non-hydrogen) atoms. The summed E-state index contributed by atoms with van der Waals surface area (Å²) in [5.41, 5.74) is 4.44. The van der Waals surface area contributed by atoms with E-state index in [4.69, 9.17) is 22.1 Å². The Hall–Kier alpha value is -3.18. The number of aliphatic imine (C=N–C) groups is 1. The molecule has 0 saturated carbocycles. The fourth-order valence-electron chi connectivity index (χ4n) is 3.02. The smallest absolute Gasteiger partial charge is 0.274 e. The third-order valence-electron chi connectivity index (χ3n) is 4.62. The fourth-order valence-corrected chi connectivity index (χ4v) is 4.78. The average molecular weight is 468 g/mol. The molecule has 0 unspecified atom stereocenters. The van der Waals surface area contributed by atoms with Gasteiger partial charge in [0.1, 0.15) is 22.8 Å². The van der Waals surface area contributed by atoms with Crippen LogP contribution in [0.25, 0.3) is 0 Å². The van der Waals surface area contributed by atoms with Gasteiger partial charge in [0.05, 0.1) is 23.2 Å². The third kappa shape index (κ3) is 4.47. The molecule has 0 saturated heterocycles. The lowest BCUT2D eigenvalue weighted by Gasteiger charge is -2.35. The standard InChI is InChI=1S/C19H19ClFN5O4S/c1-4-30-12-5-6-15(23-9-12)17(27)24-11-7-13(16(20)14(21)8-11)19(2)10-31(28,29)26(3)18(22)25-19/h4-9H,1,10H2,2-3H3,(H2,22,25)(H,24,27)/t19-/m0/s1. The highest BCUT2D eigenvalue weighted by Crippen LogP contribution is 2.38. The molecule has 3 rings (SSSR count). The number of sulfonamides is 1. The maximum atomic E-state index is 14.6. The first-order valence-electron chi connectivity index (χ1n) is 8.83. The molecule has 1 atom stereocenters. The number of amides is 1. The first-order chi connectivity index (χ1) is 14.5. The van der Waals surface area contributed by atoms with E-state index >= 15 is 0 Å². The number of anilines is 1. The lowest BCUT2D eigenvalue weighted by molar-refractivity contribution is 0.102. The second-order valence-corrected chi connectivity index (χ2v) is 9.28. The summed E-state index contributed by atoms with van der Waals surface area (Å²) in [5.74, 6) is -1.84. The second kappa shape index (κ2) is 8.16. The minimum atomic E-state index is -3.80. The number of benzene rings is 1. The highest BCUT2D eigenvalue weighted by atomic mass is 35.5. The Kier molecular flexibility index (Phi) is 5.92. The average Bonchev–Trinajstić information content (AvgIpc) is 2.69. The SMILES string of the molecule is C=COc1ccc(C(=O)Nc2cc(F)c(Cl)c([C@]3(C)CS(=O)(=O)N(C)C(N)=N3)c2)nc1. The zero-order valence-corrected chi connectivity index (χ0v) is 18.2. The van der Waals surface area contributed by atoms with Crippen molar-refractivity contribution < 1.29 is 22.3 Å². The van der Waals surface area contributed by atoms with Gasteiger partial charge in [-0.3, -0.25) is 4.79 Å². The molecule has 1 aromatic heterocycles. The molecule has 0 fully saturated rings.